The molecule has 0 amide bonds. The Morgan fingerprint density at radius 3 is 0.171 bits per heavy atom. The van der Waals surface area contributed by atoms with Crippen LogP contribution in [-0.4, -0.2) is 87.6 Å². The largest absolute Gasteiger partial charge is 4.00 e. The SMILES string of the molecule is O.O.O.O.O.O.O.O.O.O.O.O.O.O.O.O.[C-]#N.[C-]#N.[C-]#N.[C-]#N.[C-]#N.[C-]#N.[C-]#N.[C-]#N.[Pt+2].[Pt+2].[Th+4]. The standard InChI is InChI=1S/8CN.16H2O.2Pt.Th/c8*1-2;;;;;;;;;;;;;;;;;;;/h;;;;;;;;16*1H2;;;/q8*-1;;;;;;;;;;;;;;;;;2*+2;+4. The quantitative estimate of drug-likeness (QED) is 0.209. The van der Waals surface area contributed by atoms with Gasteiger partial charge in [-0.1, -0.05) is 0 Å². The molecule has 0 spiro atoms. The summed E-state index contributed by atoms with van der Waals surface area (Å²) in [5.74, 6) is 0. The van der Waals surface area contributed by atoms with Gasteiger partial charge < -0.3 is 182 Å². The van der Waals surface area contributed by atoms with E-state index in [0.717, 1.165) is 0 Å². The van der Waals surface area contributed by atoms with Gasteiger partial charge in [0.05, 0.1) is 0 Å². The van der Waals surface area contributed by atoms with Crippen LogP contribution < -0.4 is 0 Å². The monoisotopic (exact) mass is 1120 g/mol. The molecule has 32 N–H and O–H groups in total. The summed E-state index contributed by atoms with van der Waals surface area (Å²) in [4.78, 5) is 0. The fourth-order valence-corrected chi connectivity index (χ4v) is 0. The van der Waals surface area contributed by atoms with Gasteiger partial charge in [-0.25, -0.2) is 0 Å². The van der Waals surface area contributed by atoms with E-state index in [9.17, 15) is 0 Å². The van der Waals surface area contributed by atoms with E-state index in [1.807, 2.05) is 0 Å². The molecular formula is C8H32N8O16Pt2Th. The molecule has 0 aromatic carbocycles. The zero-order valence-corrected chi connectivity index (χ0v) is 25.4. The minimum absolute atomic E-state index is 0. The van der Waals surface area contributed by atoms with Gasteiger partial charge in [0.1, 0.15) is 0 Å². The van der Waals surface area contributed by atoms with Gasteiger partial charge in [0.25, 0.3) is 0 Å². The normalized spacial score (nSPS) is 0.457. The Balaban J connectivity index is -0.000000000776. The van der Waals surface area contributed by atoms with Crippen molar-refractivity contribution in [3.05, 3.63) is 52.6 Å². The summed E-state index contributed by atoms with van der Waals surface area (Å²) in [5.41, 5.74) is 0. The summed E-state index contributed by atoms with van der Waals surface area (Å²) in [5, 5.41) is 50.0. The Bertz CT molecular complexity index is 176. The van der Waals surface area contributed by atoms with E-state index in [-0.39, 0.29) is 170 Å². The van der Waals surface area contributed by atoms with Crippen molar-refractivity contribution in [3.8, 4) is 0 Å². The molecule has 0 aliphatic rings. The Morgan fingerprint density at radius 2 is 0.171 bits per heavy atom. The fourth-order valence-electron chi connectivity index (χ4n) is 0. The van der Waals surface area contributed by atoms with Crippen LogP contribution in [0.25, 0.3) is 0 Å². The Hall–Kier alpha value is -2.02. The summed E-state index contributed by atoms with van der Waals surface area (Å²) < 4.78 is 0. The number of rotatable bonds is 0. The first-order valence-corrected chi connectivity index (χ1v) is 1.79. The van der Waals surface area contributed by atoms with E-state index in [2.05, 4.69) is 0 Å². The van der Waals surface area contributed by atoms with E-state index in [1.54, 1.807) is 0 Å². The fraction of sp³-hybridized carbons (Fsp3) is 0. The van der Waals surface area contributed by atoms with E-state index < -0.39 is 0 Å². The summed E-state index contributed by atoms with van der Waals surface area (Å²) in [6.07, 6.45) is 0. The van der Waals surface area contributed by atoms with Crippen LogP contribution in [0.5, 0.6) is 0 Å². The molecule has 0 bridgehead atoms. The Labute approximate surface area is 262 Å². The smallest absolute Gasteiger partial charge is 0.512 e. The average Bonchev–Trinajstić information content (AvgIpc) is 2.54. The Kier molecular flexibility index (Phi) is 203000. The number of hydrogen-bond donors (Lipinski definition) is 0. The van der Waals surface area contributed by atoms with Gasteiger partial charge in [-0.3, -0.25) is 0 Å². The maximum Gasteiger partial charge on any atom is 4.00 e. The van der Waals surface area contributed by atoms with Crippen LogP contribution in [0.15, 0.2) is 0 Å². The average molecular weight is 1120 g/mol. The van der Waals surface area contributed by atoms with Crippen molar-refractivity contribution in [2.75, 3.05) is 0 Å². The van der Waals surface area contributed by atoms with Gasteiger partial charge >= 0.3 is 82.1 Å². The predicted octanol–water partition coefficient (Wildman–Crippen LogP) is -12.4. The minimum Gasteiger partial charge on any atom is -0.512 e. The molecule has 0 rings (SSSR count). The van der Waals surface area contributed by atoms with Gasteiger partial charge in [0, 0.05) is 0 Å². The van der Waals surface area contributed by atoms with Crippen molar-refractivity contribution in [3.63, 3.8) is 0 Å². The van der Waals surface area contributed by atoms with Crippen LogP contribution in [0.3, 0.4) is 0 Å². The minimum atomic E-state index is 0. The summed E-state index contributed by atoms with van der Waals surface area (Å²) in [6, 6.07) is 0. The molecule has 24 nitrogen and oxygen atoms in total. The molecule has 0 aliphatic heterocycles. The second kappa shape index (κ2) is 7530. The molecule has 0 aromatic rings. The molecule has 0 unspecified atom stereocenters. The van der Waals surface area contributed by atoms with Crippen LogP contribution in [0.2, 0.25) is 0 Å². The zero-order valence-electron chi connectivity index (χ0n) is 16.7. The first kappa shape index (κ1) is 943. The zero-order chi connectivity index (χ0) is 16.0. The maximum atomic E-state index is 6.25. The maximum absolute atomic E-state index is 6.25. The van der Waals surface area contributed by atoms with Crippen molar-refractivity contribution in [1.82, 2.24) is 0 Å². The second-order valence-electron chi connectivity index (χ2n) is 0. The van der Waals surface area contributed by atoms with E-state index >= 15 is 0 Å². The van der Waals surface area contributed by atoms with Crippen molar-refractivity contribution in [2.24, 2.45) is 0 Å². The van der Waals surface area contributed by atoms with Crippen LogP contribution >= 0.6 is 0 Å². The molecule has 0 heterocycles. The second-order valence-corrected chi connectivity index (χ2v) is 0. The van der Waals surface area contributed by atoms with Gasteiger partial charge in [-0.05, 0) is 0 Å². The first-order valence-electron chi connectivity index (χ1n) is 1.79. The van der Waals surface area contributed by atoms with E-state index in [1.165, 1.54) is 0 Å². The first-order chi connectivity index (χ1) is 8.00. The van der Waals surface area contributed by atoms with Gasteiger partial charge in [-0.2, -0.15) is 0 Å². The predicted molar refractivity (Wildman–Crippen MR) is 97.6 cm³/mol. The molecule has 0 aliphatic carbocycles. The van der Waals surface area contributed by atoms with Crippen LogP contribution in [0.4, 0.5) is 0 Å². The number of nitrogens with zero attached hydrogens (tertiary/aromatic N) is 8. The van der Waals surface area contributed by atoms with Crippen LogP contribution in [0.1, 0.15) is 0 Å². The summed E-state index contributed by atoms with van der Waals surface area (Å²) in [7, 11) is 0. The van der Waals surface area contributed by atoms with Crippen LogP contribution in [0, 0.1) is 135 Å². The third-order valence-corrected chi connectivity index (χ3v) is 0. The summed E-state index contributed by atoms with van der Waals surface area (Å²) >= 11 is 0. The molecule has 0 fully saturated rings. The third kappa shape index (κ3) is 7050. The molecule has 0 aromatic heterocycles. The molecule has 224 valence electrons. The van der Waals surface area contributed by atoms with Gasteiger partial charge in [-0.15, -0.1) is 0 Å². The topological polar surface area (TPSA) is 694 Å². The molecule has 0 radical (unpaired) electrons. The molecule has 27 heteroatoms. The summed E-state index contributed by atoms with van der Waals surface area (Å²) in [6.45, 7) is 38.0. The molecule has 0 atom stereocenters. The molecule has 35 heavy (non-hydrogen) atoms. The molecule has 0 saturated heterocycles. The van der Waals surface area contributed by atoms with Crippen molar-refractivity contribution < 1.29 is 170 Å². The number of hydrogen-bond acceptors (Lipinski definition) is 8. The van der Waals surface area contributed by atoms with Gasteiger partial charge in [0.15, 0.2) is 0 Å². The van der Waals surface area contributed by atoms with Crippen molar-refractivity contribution in [2.45, 2.75) is 0 Å². The van der Waals surface area contributed by atoms with Crippen LogP contribution in [-0.2, 0) is 42.1 Å². The van der Waals surface area contributed by atoms with Crippen molar-refractivity contribution in [1.29, 1.82) is 42.1 Å². The third-order valence-electron chi connectivity index (χ3n) is 0. The van der Waals surface area contributed by atoms with Crippen molar-refractivity contribution >= 4 is 0 Å². The molecular weight excluding hydrogens is 1090 g/mol. The molecule has 0 saturated carbocycles. The Morgan fingerprint density at radius 1 is 0.171 bits per heavy atom. The van der Waals surface area contributed by atoms with Gasteiger partial charge in [0.2, 0.25) is 0 Å². The van der Waals surface area contributed by atoms with E-state index in [0.29, 0.717) is 0 Å². The van der Waals surface area contributed by atoms with E-state index in [4.69, 9.17) is 94.7 Å².